The Balaban J connectivity index is 1.58. The van der Waals surface area contributed by atoms with Gasteiger partial charge in [-0.2, -0.15) is 0 Å². The van der Waals surface area contributed by atoms with E-state index in [1.807, 2.05) is 0 Å². The number of hydrogen-bond acceptors (Lipinski definition) is 1. The molecule has 2 N–H and O–H groups in total. The van der Waals surface area contributed by atoms with Crippen LogP contribution in [0.15, 0.2) is 18.2 Å². The zero-order chi connectivity index (χ0) is 17.0. The first-order valence-corrected chi connectivity index (χ1v) is 10.5. The maximum absolute atomic E-state index is 6.51. The van der Waals surface area contributed by atoms with Gasteiger partial charge in [-0.15, -0.1) is 0 Å². The van der Waals surface area contributed by atoms with Gasteiger partial charge in [0.15, 0.2) is 0 Å². The van der Waals surface area contributed by atoms with Crippen molar-refractivity contribution in [1.82, 2.24) is 0 Å². The summed E-state index contributed by atoms with van der Waals surface area (Å²) in [7, 11) is 2.30. The van der Waals surface area contributed by atoms with Gasteiger partial charge in [-0.25, -0.2) is 0 Å². The molecule has 0 aliphatic heterocycles. The highest BCUT2D eigenvalue weighted by Gasteiger charge is 2.35. The first-order chi connectivity index (χ1) is 11.6. The fourth-order valence-corrected chi connectivity index (χ4v) is 4.97. The van der Waals surface area contributed by atoms with Crippen molar-refractivity contribution >= 4 is 7.85 Å². The molecule has 0 heterocycles. The van der Waals surface area contributed by atoms with Crippen molar-refractivity contribution in [2.45, 2.75) is 95.3 Å². The average molecular weight is 325 g/mol. The molecule has 132 valence electrons. The fraction of sp³-hybridized carbons (Fsp3) is 0.727. The Morgan fingerprint density at radius 3 is 2.79 bits per heavy atom. The number of rotatable bonds is 7. The molecule has 0 spiro atoms. The summed E-state index contributed by atoms with van der Waals surface area (Å²) in [6.45, 7) is 2.25. The predicted octanol–water partition coefficient (Wildman–Crippen LogP) is 4.78. The van der Waals surface area contributed by atoms with E-state index < -0.39 is 0 Å². The molecule has 0 saturated heterocycles. The smallest absolute Gasteiger partial charge is 0.101 e. The standard InChI is InChI=1S/C22H36BN/c1-2-22(24)12-11-21(16-22)20-10-9-18-14-17(6-4-3-5-13-23)7-8-19(18)15-20/h9-10,15,17,21H,2-8,11-14,16,23-24H2,1H3/t17?,21-,22-/m1/s1. The zero-order valence-electron chi connectivity index (χ0n) is 15.9. The Kier molecular flexibility index (Phi) is 6.08. The maximum atomic E-state index is 6.51. The molecule has 1 aromatic rings. The molecule has 2 aliphatic carbocycles. The summed E-state index contributed by atoms with van der Waals surface area (Å²) in [6.07, 6.45) is 15.9. The third kappa shape index (κ3) is 4.25. The van der Waals surface area contributed by atoms with Gasteiger partial charge in [0.1, 0.15) is 7.85 Å². The minimum absolute atomic E-state index is 0.101. The molecule has 1 saturated carbocycles. The Morgan fingerprint density at radius 2 is 2.04 bits per heavy atom. The lowest BCUT2D eigenvalue weighted by atomic mass is 9.79. The van der Waals surface area contributed by atoms with Gasteiger partial charge in [-0.1, -0.05) is 57.1 Å². The van der Waals surface area contributed by atoms with Crippen LogP contribution in [0.5, 0.6) is 0 Å². The molecular weight excluding hydrogens is 289 g/mol. The quantitative estimate of drug-likeness (QED) is 0.567. The lowest BCUT2D eigenvalue weighted by Gasteiger charge is -2.26. The maximum Gasteiger partial charge on any atom is 0.101 e. The number of benzene rings is 1. The number of hydrogen-bond donors (Lipinski definition) is 1. The van der Waals surface area contributed by atoms with Crippen molar-refractivity contribution in [3.05, 3.63) is 34.9 Å². The van der Waals surface area contributed by atoms with E-state index in [2.05, 4.69) is 33.0 Å². The lowest BCUT2D eigenvalue weighted by molar-refractivity contribution is 0.407. The van der Waals surface area contributed by atoms with E-state index in [1.165, 1.54) is 70.5 Å². The van der Waals surface area contributed by atoms with Crippen LogP contribution in [0.25, 0.3) is 0 Å². The zero-order valence-corrected chi connectivity index (χ0v) is 15.9. The Morgan fingerprint density at radius 1 is 1.17 bits per heavy atom. The molecule has 0 amide bonds. The molecule has 1 nitrogen and oxygen atoms in total. The average Bonchev–Trinajstić information content (AvgIpc) is 3.01. The molecular formula is C22H36BN. The van der Waals surface area contributed by atoms with Gasteiger partial charge in [0.25, 0.3) is 0 Å². The van der Waals surface area contributed by atoms with E-state index >= 15 is 0 Å². The second-order valence-electron chi connectivity index (χ2n) is 8.64. The summed E-state index contributed by atoms with van der Waals surface area (Å²) in [5.74, 6) is 1.63. The first-order valence-electron chi connectivity index (χ1n) is 10.5. The van der Waals surface area contributed by atoms with Crippen molar-refractivity contribution in [2.75, 3.05) is 0 Å². The number of unbranched alkanes of at least 4 members (excludes halogenated alkanes) is 2. The molecule has 3 rings (SSSR count). The number of aryl methyl sites for hydroxylation is 1. The van der Waals surface area contributed by atoms with Crippen molar-refractivity contribution in [1.29, 1.82) is 0 Å². The number of fused-ring (bicyclic) bond motifs is 1. The third-order valence-corrected chi connectivity index (χ3v) is 6.85. The largest absolute Gasteiger partial charge is 0.325 e. The Hall–Kier alpha value is -0.755. The van der Waals surface area contributed by atoms with E-state index in [0.717, 1.165) is 12.3 Å². The predicted molar refractivity (Wildman–Crippen MR) is 108 cm³/mol. The molecule has 0 bridgehead atoms. The van der Waals surface area contributed by atoms with Crippen LogP contribution in [-0.2, 0) is 12.8 Å². The van der Waals surface area contributed by atoms with E-state index in [4.69, 9.17) is 5.73 Å². The van der Waals surface area contributed by atoms with Gasteiger partial charge in [0.05, 0.1) is 0 Å². The van der Waals surface area contributed by atoms with Crippen LogP contribution in [0.4, 0.5) is 0 Å². The van der Waals surface area contributed by atoms with Crippen LogP contribution in [0.1, 0.15) is 87.3 Å². The summed E-state index contributed by atoms with van der Waals surface area (Å²) in [5, 5.41) is 0. The molecule has 2 aliphatic rings. The molecule has 2 heteroatoms. The van der Waals surface area contributed by atoms with Gasteiger partial charge in [0.2, 0.25) is 0 Å². The Bertz CT molecular complexity index is 541. The summed E-state index contributed by atoms with van der Waals surface area (Å²) in [6, 6.07) is 7.41. The van der Waals surface area contributed by atoms with E-state index in [0.29, 0.717) is 5.92 Å². The second-order valence-corrected chi connectivity index (χ2v) is 8.64. The monoisotopic (exact) mass is 325 g/mol. The van der Waals surface area contributed by atoms with Gasteiger partial charge in [-0.05, 0) is 73.5 Å². The van der Waals surface area contributed by atoms with Crippen LogP contribution < -0.4 is 5.73 Å². The van der Waals surface area contributed by atoms with Crippen molar-refractivity contribution in [3.8, 4) is 0 Å². The summed E-state index contributed by atoms with van der Waals surface area (Å²) in [4.78, 5) is 0. The topological polar surface area (TPSA) is 26.0 Å². The van der Waals surface area contributed by atoms with E-state index in [1.54, 1.807) is 16.7 Å². The molecule has 1 fully saturated rings. The van der Waals surface area contributed by atoms with Crippen LogP contribution in [0.3, 0.4) is 0 Å². The van der Waals surface area contributed by atoms with Crippen molar-refractivity contribution < 1.29 is 0 Å². The fourth-order valence-electron chi connectivity index (χ4n) is 4.97. The second kappa shape index (κ2) is 8.08. The van der Waals surface area contributed by atoms with Crippen molar-refractivity contribution in [2.24, 2.45) is 11.7 Å². The van der Waals surface area contributed by atoms with Gasteiger partial charge in [-0.3, -0.25) is 0 Å². The van der Waals surface area contributed by atoms with Crippen LogP contribution in [-0.4, -0.2) is 13.4 Å². The SMILES string of the molecule is BCCCCCC1CCc2cc([C@@H]3CC[C@](N)(CC)C3)ccc2C1. The van der Waals surface area contributed by atoms with Crippen LogP contribution >= 0.6 is 0 Å². The minimum Gasteiger partial charge on any atom is -0.325 e. The van der Waals surface area contributed by atoms with Gasteiger partial charge in [0, 0.05) is 5.54 Å². The normalized spacial score (nSPS) is 29.6. The summed E-state index contributed by atoms with van der Waals surface area (Å²) >= 11 is 0. The highest BCUT2D eigenvalue weighted by molar-refractivity contribution is 6.08. The molecule has 3 atom stereocenters. The number of nitrogens with two attached hydrogens (primary N) is 1. The molecule has 1 aromatic carbocycles. The highest BCUT2D eigenvalue weighted by Crippen LogP contribution is 2.42. The van der Waals surface area contributed by atoms with E-state index in [9.17, 15) is 0 Å². The highest BCUT2D eigenvalue weighted by atomic mass is 14.8. The van der Waals surface area contributed by atoms with E-state index in [-0.39, 0.29) is 5.54 Å². The molecule has 0 aromatic heterocycles. The Labute approximate surface area is 150 Å². The molecule has 1 unspecified atom stereocenters. The molecule has 24 heavy (non-hydrogen) atoms. The minimum atomic E-state index is 0.101. The van der Waals surface area contributed by atoms with Gasteiger partial charge >= 0.3 is 0 Å². The first kappa shape index (κ1) is 18.0. The summed E-state index contributed by atoms with van der Waals surface area (Å²) < 4.78 is 0. The van der Waals surface area contributed by atoms with Crippen LogP contribution in [0.2, 0.25) is 6.32 Å². The van der Waals surface area contributed by atoms with Crippen molar-refractivity contribution in [3.63, 3.8) is 0 Å². The summed E-state index contributed by atoms with van der Waals surface area (Å²) in [5.41, 5.74) is 11.5. The molecule has 0 radical (unpaired) electrons. The van der Waals surface area contributed by atoms with Crippen LogP contribution in [0, 0.1) is 5.92 Å². The third-order valence-electron chi connectivity index (χ3n) is 6.85. The lowest BCUT2D eigenvalue weighted by Crippen LogP contribution is -2.35. The van der Waals surface area contributed by atoms with Gasteiger partial charge < -0.3 is 5.73 Å².